The van der Waals surface area contributed by atoms with Gasteiger partial charge in [-0.2, -0.15) is 0 Å². The number of hydrogen-bond donors (Lipinski definition) is 2. The van der Waals surface area contributed by atoms with Crippen LogP contribution in [0.4, 0.5) is 0 Å². The lowest BCUT2D eigenvalue weighted by atomic mass is 10.1. The fourth-order valence-electron chi connectivity index (χ4n) is 2.34. The molecule has 2 heterocycles. The Kier molecular flexibility index (Phi) is 4.92. The van der Waals surface area contributed by atoms with E-state index in [1.54, 1.807) is 26.4 Å². The summed E-state index contributed by atoms with van der Waals surface area (Å²) in [6, 6.07) is 1.66. The summed E-state index contributed by atoms with van der Waals surface area (Å²) in [5, 5.41) is 12.1. The highest BCUT2D eigenvalue weighted by atomic mass is 16.5. The van der Waals surface area contributed by atoms with E-state index in [-0.39, 0.29) is 12.0 Å². The number of aliphatic hydroxyl groups is 1. The lowest BCUT2D eigenvalue weighted by Crippen LogP contribution is -2.35. The van der Waals surface area contributed by atoms with Crippen LogP contribution in [-0.4, -0.2) is 54.2 Å². The van der Waals surface area contributed by atoms with Crippen molar-refractivity contribution in [1.82, 2.24) is 15.2 Å². The van der Waals surface area contributed by atoms with Crippen molar-refractivity contribution in [1.29, 1.82) is 0 Å². The Morgan fingerprint density at radius 1 is 1.55 bits per heavy atom. The fraction of sp³-hybridized carbons (Fsp3) is 0.571. The number of rotatable bonds is 4. The van der Waals surface area contributed by atoms with Gasteiger partial charge in [-0.25, -0.2) is 0 Å². The van der Waals surface area contributed by atoms with Crippen LogP contribution in [0, 0.1) is 0 Å². The number of piperidine rings is 1. The molecule has 0 radical (unpaired) electrons. The van der Waals surface area contributed by atoms with Gasteiger partial charge >= 0.3 is 0 Å². The molecule has 1 saturated heterocycles. The quantitative estimate of drug-likeness (QED) is 0.835. The van der Waals surface area contributed by atoms with Gasteiger partial charge in [-0.15, -0.1) is 0 Å². The number of carbonyl (C=O) groups excluding carboxylic acids is 1. The number of carbonyl (C=O) groups is 1. The number of aromatic nitrogens is 1. The Morgan fingerprint density at radius 3 is 2.85 bits per heavy atom. The van der Waals surface area contributed by atoms with Crippen LogP contribution in [0.2, 0.25) is 0 Å². The van der Waals surface area contributed by atoms with E-state index in [1.807, 2.05) is 0 Å². The van der Waals surface area contributed by atoms with Crippen molar-refractivity contribution in [2.75, 3.05) is 27.2 Å². The van der Waals surface area contributed by atoms with Crippen LogP contribution in [-0.2, 0) is 6.54 Å². The summed E-state index contributed by atoms with van der Waals surface area (Å²) in [4.78, 5) is 18.0. The van der Waals surface area contributed by atoms with Crippen LogP contribution >= 0.6 is 0 Å². The van der Waals surface area contributed by atoms with Crippen LogP contribution in [0.5, 0.6) is 5.75 Å². The number of aliphatic hydroxyl groups excluding tert-OH is 1. The molecule has 1 fully saturated rings. The molecule has 1 amide bonds. The Hall–Kier alpha value is -1.66. The maximum absolute atomic E-state index is 11.6. The Morgan fingerprint density at radius 2 is 2.25 bits per heavy atom. The number of hydrogen-bond acceptors (Lipinski definition) is 5. The first-order valence-corrected chi connectivity index (χ1v) is 6.79. The minimum absolute atomic E-state index is 0.179. The molecular weight excluding hydrogens is 258 g/mol. The number of likely N-dealkylation sites (tertiary alicyclic amines) is 1. The van der Waals surface area contributed by atoms with Gasteiger partial charge in [0.2, 0.25) is 0 Å². The molecule has 6 nitrogen and oxygen atoms in total. The standard InChI is InChI=1S/C14H21N3O3/c1-15-14(19)12-7-13(20-2)10(8-16-12)9-17-5-3-11(18)4-6-17/h7-8,11,18H,3-6,9H2,1-2H3,(H,15,19). The van der Waals surface area contributed by atoms with Gasteiger partial charge in [0.05, 0.1) is 13.2 Å². The van der Waals surface area contributed by atoms with Gasteiger partial charge in [0.15, 0.2) is 0 Å². The number of amides is 1. The van der Waals surface area contributed by atoms with Crippen molar-refractivity contribution in [3.63, 3.8) is 0 Å². The first kappa shape index (κ1) is 14.7. The summed E-state index contributed by atoms with van der Waals surface area (Å²) in [5.41, 5.74) is 1.30. The zero-order valence-electron chi connectivity index (χ0n) is 11.9. The molecule has 0 saturated carbocycles. The van der Waals surface area contributed by atoms with Crippen LogP contribution in [0.3, 0.4) is 0 Å². The average molecular weight is 279 g/mol. The van der Waals surface area contributed by atoms with Crippen molar-refractivity contribution in [2.45, 2.75) is 25.5 Å². The minimum Gasteiger partial charge on any atom is -0.496 e. The zero-order chi connectivity index (χ0) is 14.5. The molecule has 2 rings (SSSR count). The summed E-state index contributed by atoms with van der Waals surface area (Å²) in [5.74, 6) is 0.445. The van der Waals surface area contributed by atoms with Gasteiger partial charge in [0.25, 0.3) is 5.91 Å². The average Bonchev–Trinajstić information content (AvgIpc) is 2.49. The first-order valence-electron chi connectivity index (χ1n) is 6.79. The predicted octanol–water partition coefficient (Wildman–Crippen LogP) is 0.406. The highest BCUT2D eigenvalue weighted by molar-refractivity contribution is 5.92. The van der Waals surface area contributed by atoms with Crippen molar-refractivity contribution < 1.29 is 14.6 Å². The molecule has 0 unspecified atom stereocenters. The highest BCUT2D eigenvalue weighted by Gasteiger charge is 2.19. The number of pyridine rings is 1. The van der Waals surface area contributed by atoms with Gasteiger partial charge in [0.1, 0.15) is 11.4 Å². The second kappa shape index (κ2) is 6.67. The second-order valence-electron chi connectivity index (χ2n) is 4.97. The molecule has 6 heteroatoms. The molecule has 2 N–H and O–H groups in total. The van der Waals surface area contributed by atoms with Crippen molar-refractivity contribution in [2.24, 2.45) is 0 Å². The molecule has 1 aliphatic heterocycles. The molecule has 0 aliphatic carbocycles. The zero-order valence-corrected chi connectivity index (χ0v) is 11.9. The normalized spacial score (nSPS) is 16.9. The summed E-state index contributed by atoms with van der Waals surface area (Å²) in [6.07, 6.45) is 3.11. The van der Waals surface area contributed by atoms with E-state index in [2.05, 4.69) is 15.2 Å². The van der Waals surface area contributed by atoms with Crippen LogP contribution < -0.4 is 10.1 Å². The van der Waals surface area contributed by atoms with E-state index >= 15 is 0 Å². The topological polar surface area (TPSA) is 74.7 Å². The van der Waals surface area contributed by atoms with Gasteiger partial charge in [-0.1, -0.05) is 0 Å². The Labute approximate surface area is 118 Å². The van der Waals surface area contributed by atoms with E-state index in [1.165, 1.54) is 0 Å². The smallest absolute Gasteiger partial charge is 0.269 e. The molecular formula is C14H21N3O3. The molecule has 1 aromatic rings. The van der Waals surface area contributed by atoms with Crippen molar-refractivity contribution >= 4 is 5.91 Å². The third-order valence-electron chi connectivity index (χ3n) is 3.57. The fourth-order valence-corrected chi connectivity index (χ4v) is 2.34. The summed E-state index contributed by atoms with van der Waals surface area (Å²) in [6.45, 7) is 2.44. The molecule has 20 heavy (non-hydrogen) atoms. The lowest BCUT2D eigenvalue weighted by Gasteiger charge is -2.29. The minimum atomic E-state index is -0.226. The van der Waals surface area contributed by atoms with Crippen molar-refractivity contribution in [3.8, 4) is 5.75 Å². The van der Waals surface area contributed by atoms with Crippen LogP contribution in [0.25, 0.3) is 0 Å². The van der Waals surface area contributed by atoms with Gasteiger partial charge in [-0.05, 0) is 12.8 Å². The molecule has 110 valence electrons. The maximum atomic E-state index is 11.6. The predicted molar refractivity (Wildman–Crippen MR) is 74.7 cm³/mol. The third kappa shape index (κ3) is 3.46. The third-order valence-corrected chi connectivity index (χ3v) is 3.57. The monoisotopic (exact) mass is 279 g/mol. The lowest BCUT2D eigenvalue weighted by molar-refractivity contribution is 0.0788. The van der Waals surface area contributed by atoms with E-state index in [9.17, 15) is 9.90 Å². The molecule has 1 aromatic heterocycles. The number of nitrogens with one attached hydrogen (secondary N) is 1. The van der Waals surface area contributed by atoms with Crippen LogP contribution in [0.1, 0.15) is 28.9 Å². The van der Waals surface area contributed by atoms with E-state index in [0.29, 0.717) is 11.4 Å². The Balaban J connectivity index is 2.09. The largest absolute Gasteiger partial charge is 0.496 e. The van der Waals surface area contributed by atoms with Gasteiger partial charge in [0, 0.05) is 44.5 Å². The van der Waals surface area contributed by atoms with E-state index < -0.39 is 0 Å². The van der Waals surface area contributed by atoms with Gasteiger partial charge in [-0.3, -0.25) is 14.7 Å². The molecule has 1 aliphatic rings. The summed E-state index contributed by atoms with van der Waals surface area (Å²) >= 11 is 0. The first-order chi connectivity index (χ1) is 9.63. The number of methoxy groups -OCH3 is 1. The molecule has 0 atom stereocenters. The van der Waals surface area contributed by atoms with E-state index in [0.717, 1.165) is 38.0 Å². The highest BCUT2D eigenvalue weighted by Crippen LogP contribution is 2.22. The SMILES string of the molecule is CNC(=O)c1cc(OC)c(CN2CCC(O)CC2)cn1. The molecule has 0 aromatic carbocycles. The van der Waals surface area contributed by atoms with Gasteiger partial charge < -0.3 is 15.2 Å². The second-order valence-corrected chi connectivity index (χ2v) is 4.97. The van der Waals surface area contributed by atoms with Crippen molar-refractivity contribution in [3.05, 3.63) is 23.5 Å². The number of ether oxygens (including phenoxy) is 1. The summed E-state index contributed by atoms with van der Waals surface area (Å²) < 4.78 is 5.35. The van der Waals surface area contributed by atoms with Crippen LogP contribution in [0.15, 0.2) is 12.3 Å². The summed E-state index contributed by atoms with van der Waals surface area (Å²) in [7, 11) is 3.16. The van der Waals surface area contributed by atoms with E-state index in [4.69, 9.17) is 4.74 Å². The maximum Gasteiger partial charge on any atom is 0.269 e. The Bertz CT molecular complexity index is 471. The molecule has 0 spiro atoms. The number of nitrogens with zero attached hydrogens (tertiary/aromatic N) is 2. The molecule has 0 bridgehead atoms.